The maximum absolute atomic E-state index is 8.94. The van der Waals surface area contributed by atoms with Gasteiger partial charge in [-0.05, 0) is 0 Å². The monoisotopic (exact) mass is 266 g/mol. The summed E-state index contributed by atoms with van der Waals surface area (Å²) in [4.78, 5) is 0. The van der Waals surface area contributed by atoms with Crippen LogP contribution >= 0.6 is 23.1 Å². The van der Waals surface area contributed by atoms with Gasteiger partial charge in [0.2, 0.25) is 0 Å². The molecule has 0 aliphatic rings. The summed E-state index contributed by atoms with van der Waals surface area (Å²) in [7, 11) is 0. The fourth-order valence-electron chi connectivity index (χ4n) is 1.28. The van der Waals surface area contributed by atoms with E-state index in [1.54, 1.807) is 23.1 Å². The normalized spacial score (nSPS) is 12.6. The lowest BCUT2D eigenvalue weighted by Crippen LogP contribution is -2.02. The molecule has 1 aromatic carbocycles. The van der Waals surface area contributed by atoms with Gasteiger partial charge in [-0.2, -0.15) is 0 Å². The van der Waals surface area contributed by atoms with Crippen LogP contribution in [0.2, 0.25) is 0 Å². The van der Waals surface area contributed by atoms with Gasteiger partial charge in [0.1, 0.15) is 10.0 Å². The van der Waals surface area contributed by atoms with E-state index < -0.39 is 0 Å². The predicted octanol–water partition coefficient (Wildman–Crippen LogP) is 2.82. The standard InChI is InChI=1S/C12H14N2OS2/c1-9(7-15)16-8-11-13-14-12(17-11)10-5-3-2-4-6-10/h2-6,9,15H,7-8H2,1H3. The molecule has 1 unspecified atom stereocenters. The summed E-state index contributed by atoms with van der Waals surface area (Å²) in [6.45, 7) is 2.21. The lowest BCUT2D eigenvalue weighted by Gasteiger charge is -2.03. The first kappa shape index (κ1) is 12.5. The summed E-state index contributed by atoms with van der Waals surface area (Å²) in [5, 5.41) is 19.5. The smallest absolute Gasteiger partial charge is 0.147 e. The van der Waals surface area contributed by atoms with Crippen LogP contribution in [0.3, 0.4) is 0 Å². The predicted molar refractivity (Wildman–Crippen MR) is 73.2 cm³/mol. The topological polar surface area (TPSA) is 46.0 Å². The summed E-state index contributed by atoms with van der Waals surface area (Å²) >= 11 is 3.31. The number of thioether (sulfide) groups is 1. The van der Waals surface area contributed by atoms with E-state index in [-0.39, 0.29) is 11.9 Å². The fraction of sp³-hybridized carbons (Fsp3) is 0.333. The van der Waals surface area contributed by atoms with Crippen LogP contribution in [0.15, 0.2) is 30.3 Å². The Morgan fingerprint density at radius 1 is 1.29 bits per heavy atom. The SMILES string of the molecule is CC(CO)SCc1nnc(-c2ccccc2)s1. The quantitative estimate of drug-likeness (QED) is 0.904. The number of rotatable bonds is 5. The molecule has 0 aliphatic carbocycles. The van der Waals surface area contributed by atoms with Gasteiger partial charge in [-0.15, -0.1) is 22.0 Å². The summed E-state index contributed by atoms with van der Waals surface area (Å²) in [5.41, 5.74) is 1.11. The van der Waals surface area contributed by atoms with Gasteiger partial charge in [0, 0.05) is 16.6 Å². The Balaban J connectivity index is 2.01. The Hall–Kier alpha value is -0.910. The van der Waals surface area contributed by atoms with Gasteiger partial charge in [0.15, 0.2) is 0 Å². The molecular weight excluding hydrogens is 252 g/mol. The van der Waals surface area contributed by atoms with Crippen molar-refractivity contribution in [2.45, 2.75) is 17.9 Å². The first-order valence-electron chi connectivity index (χ1n) is 5.40. The number of hydrogen-bond acceptors (Lipinski definition) is 5. The molecule has 0 fully saturated rings. The van der Waals surface area contributed by atoms with Crippen molar-refractivity contribution in [1.29, 1.82) is 0 Å². The van der Waals surface area contributed by atoms with E-state index in [0.29, 0.717) is 0 Å². The highest BCUT2D eigenvalue weighted by atomic mass is 32.2. The van der Waals surface area contributed by atoms with Gasteiger partial charge in [-0.1, -0.05) is 48.6 Å². The van der Waals surface area contributed by atoms with Crippen LogP contribution in [0.4, 0.5) is 0 Å². The number of aliphatic hydroxyl groups excluding tert-OH is 1. The lowest BCUT2D eigenvalue weighted by molar-refractivity contribution is 0.300. The van der Waals surface area contributed by atoms with Crippen LogP contribution in [0.5, 0.6) is 0 Å². The van der Waals surface area contributed by atoms with E-state index in [9.17, 15) is 0 Å². The molecule has 3 nitrogen and oxygen atoms in total. The second-order valence-electron chi connectivity index (χ2n) is 3.67. The molecule has 1 atom stereocenters. The van der Waals surface area contributed by atoms with Gasteiger partial charge in [0.25, 0.3) is 0 Å². The van der Waals surface area contributed by atoms with Crippen molar-refractivity contribution in [3.63, 3.8) is 0 Å². The number of benzene rings is 1. The number of aromatic nitrogens is 2. The van der Waals surface area contributed by atoms with E-state index >= 15 is 0 Å². The molecule has 0 bridgehead atoms. The highest BCUT2D eigenvalue weighted by Crippen LogP contribution is 2.26. The summed E-state index contributed by atoms with van der Waals surface area (Å²) in [6.07, 6.45) is 0. The maximum atomic E-state index is 8.94. The first-order valence-corrected chi connectivity index (χ1v) is 7.26. The second kappa shape index (κ2) is 6.14. The highest BCUT2D eigenvalue weighted by molar-refractivity contribution is 7.99. The van der Waals surface area contributed by atoms with Crippen LogP contribution in [0, 0.1) is 0 Å². The van der Waals surface area contributed by atoms with Crippen LogP contribution < -0.4 is 0 Å². The molecule has 5 heteroatoms. The van der Waals surface area contributed by atoms with Crippen LogP contribution in [0.25, 0.3) is 10.6 Å². The van der Waals surface area contributed by atoms with Crippen LogP contribution in [0.1, 0.15) is 11.9 Å². The van der Waals surface area contributed by atoms with E-state index in [1.165, 1.54) is 0 Å². The molecule has 17 heavy (non-hydrogen) atoms. The minimum absolute atomic E-state index is 0.203. The minimum atomic E-state index is 0.203. The molecule has 2 rings (SSSR count). The zero-order chi connectivity index (χ0) is 12.1. The average molecular weight is 266 g/mol. The van der Waals surface area contributed by atoms with Gasteiger partial charge < -0.3 is 5.11 Å². The summed E-state index contributed by atoms with van der Waals surface area (Å²) in [5.74, 6) is 0.812. The summed E-state index contributed by atoms with van der Waals surface area (Å²) < 4.78 is 0. The van der Waals surface area contributed by atoms with Gasteiger partial charge >= 0.3 is 0 Å². The van der Waals surface area contributed by atoms with Crippen LogP contribution in [-0.4, -0.2) is 27.2 Å². The Morgan fingerprint density at radius 3 is 2.76 bits per heavy atom. The van der Waals surface area contributed by atoms with Crippen molar-refractivity contribution in [1.82, 2.24) is 10.2 Å². The molecule has 1 heterocycles. The van der Waals surface area contributed by atoms with Crippen molar-refractivity contribution in [3.05, 3.63) is 35.3 Å². The molecule has 0 amide bonds. The Morgan fingerprint density at radius 2 is 2.06 bits per heavy atom. The Bertz CT molecular complexity index is 459. The van der Waals surface area contributed by atoms with Crippen molar-refractivity contribution in [3.8, 4) is 10.6 Å². The Labute approximate surface area is 109 Å². The first-order chi connectivity index (χ1) is 8.29. The van der Waals surface area contributed by atoms with Gasteiger partial charge in [0.05, 0.1) is 6.61 Å². The highest BCUT2D eigenvalue weighted by Gasteiger charge is 2.08. The molecule has 1 N–H and O–H groups in total. The van der Waals surface area contributed by atoms with Crippen molar-refractivity contribution >= 4 is 23.1 Å². The molecule has 0 aliphatic heterocycles. The summed E-state index contributed by atoms with van der Waals surface area (Å²) in [6, 6.07) is 10.1. The van der Waals surface area contributed by atoms with E-state index in [1.807, 2.05) is 37.3 Å². The number of nitrogens with zero attached hydrogens (tertiary/aromatic N) is 2. The van der Waals surface area contributed by atoms with Crippen molar-refractivity contribution < 1.29 is 5.11 Å². The number of hydrogen-bond donors (Lipinski definition) is 1. The third-order valence-electron chi connectivity index (χ3n) is 2.24. The lowest BCUT2D eigenvalue weighted by atomic mass is 10.2. The molecule has 1 aromatic heterocycles. The zero-order valence-electron chi connectivity index (χ0n) is 9.54. The van der Waals surface area contributed by atoms with E-state index in [4.69, 9.17) is 5.11 Å². The fourth-order valence-corrected chi connectivity index (χ4v) is 2.95. The van der Waals surface area contributed by atoms with Gasteiger partial charge in [-0.3, -0.25) is 0 Å². The second-order valence-corrected chi connectivity index (χ2v) is 6.16. The Kier molecular flexibility index (Phi) is 4.53. The zero-order valence-corrected chi connectivity index (χ0v) is 11.2. The van der Waals surface area contributed by atoms with Gasteiger partial charge in [-0.25, -0.2) is 0 Å². The molecule has 0 saturated heterocycles. The minimum Gasteiger partial charge on any atom is -0.395 e. The third kappa shape index (κ3) is 3.52. The molecule has 2 aromatic rings. The van der Waals surface area contributed by atoms with Crippen LogP contribution in [-0.2, 0) is 5.75 Å². The molecule has 0 spiro atoms. The largest absolute Gasteiger partial charge is 0.395 e. The van der Waals surface area contributed by atoms with E-state index in [2.05, 4.69) is 10.2 Å². The van der Waals surface area contributed by atoms with Crippen molar-refractivity contribution in [2.75, 3.05) is 6.61 Å². The van der Waals surface area contributed by atoms with E-state index in [0.717, 1.165) is 21.3 Å². The van der Waals surface area contributed by atoms with Crippen molar-refractivity contribution in [2.24, 2.45) is 0 Å². The number of aliphatic hydroxyl groups is 1. The average Bonchev–Trinajstić information content (AvgIpc) is 2.86. The molecule has 90 valence electrons. The molecular formula is C12H14N2OS2. The maximum Gasteiger partial charge on any atom is 0.147 e. The molecule has 0 saturated carbocycles. The third-order valence-corrected chi connectivity index (χ3v) is 4.55. The molecule has 0 radical (unpaired) electrons.